The second-order valence-corrected chi connectivity index (χ2v) is 3.28. The Labute approximate surface area is 88.0 Å². The Kier molecular flexibility index (Phi) is 2.37. The van der Waals surface area contributed by atoms with Crippen LogP contribution in [-0.4, -0.2) is 19.7 Å². The number of rotatable bonds is 2. The van der Waals surface area contributed by atoms with E-state index in [2.05, 4.69) is 22.1 Å². The van der Waals surface area contributed by atoms with Crippen molar-refractivity contribution in [1.82, 2.24) is 19.7 Å². The van der Waals surface area contributed by atoms with Crippen LogP contribution in [0.5, 0.6) is 0 Å². The van der Waals surface area contributed by atoms with Crippen LogP contribution in [0.4, 0.5) is 5.69 Å². The van der Waals surface area contributed by atoms with Crippen LogP contribution in [0.1, 0.15) is 12.7 Å². The average Bonchev–Trinajstić information content (AvgIpc) is 2.60. The van der Waals surface area contributed by atoms with Gasteiger partial charge in [0.05, 0.1) is 11.9 Å². The molecular weight excluding hydrogens is 190 g/mol. The van der Waals surface area contributed by atoms with Gasteiger partial charge in [-0.3, -0.25) is 4.98 Å². The van der Waals surface area contributed by atoms with Crippen LogP contribution in [0.2, 0.25) is 0 Å². The lowest BCUT2D eigenvalue weighted by molar-refractivity contribution is 0.737. The number of aromatic nitrogens is 4. The second-order valence-electron chi connectivity index (χ2n) is 3.28. The topological polar surface area (TPSA) is 69.6 Å². The van der Waals surface area contributed by atoms with Gasteiger partial charge in [0, 0.05) is 18.3 Å². The van der Waals surface area contributed by atoms with E-state index in [4.69, 9.17) is 5.73 Å². The zero-order chi connectivity index (χ0) is 10.8. The first-order valence-electron chi connectivity index (χ1n) is 4.83. The van der Waals surface area contributed by atoms with Gasteiger partial charge in [-0.1, -0.05) is 0 Å². The minimum atomic E-state index is 0.625. The van der Waals surface area contributed by atoms with Crippen molar-refractivity contribution in [3.63, 3.8) is 0 Å². The van der Waals surface area contributed by atoms with Gasteiger partial charge >= 0.3 is 0 Å². The van der Waals surface area contributed by atoms with Crippen molar-refractivity contribution in [1.29, 1.82) is 0 Å². The standard InChI is InChI=1S/C10H13N5/c1-3-15-7(2)13-14-10(15)8-4-5-12-6-9(8)11/h4-6H,3,11H2,1-2H3. The Hall–Kier alpha value is -1.91. The van der Waals surface area contributed by atoms with Gasteiger partial charge in [-0.25, -0.2) is 0 Å². The molecule has 2 aromatic heterocycles. The third kappa shape index (κ3) is 1.56. The maximum Gasteiger partial charge on any atom is 0.166 e. The van der Waals surface area contributed by atoms with E-state index in [9.17, 15) is 0 Å². The molecule has 0 radical (unpaired) electrons. The summed E-state index contributed by atoms with van der Waals surface area (Å²) >= 11 is 0. The van der Waals surface area contributed by atoms with E-state index in [1.165, 1.54) is 0 Å². The van der Waals surface area contributed by atoms with Gasteiger partial charge in [0.1, 0.15) is 5.82 Å². The van der Waals surface area contributed by atoms with Crippen molar-refractivity contribution < 1.29 is 0 Å². The molecule has 0 amide bonds. The van der Waals surface area contributed by atoms with Crippen LogP contribution < -0.4 is 5.73 Å². The second kappa shape index (κ2) is 3.68. The molecule has 0 saturated carbocycles. The Morgan fingerprint density at radius 2 is 2.20 bits per heavy atom. The molecule has 0 saturated heterocycles. The number of aryl methyl sites for hydroxylation is 1. The Balaban J connectivity index is 2.59. The van der Waals surface area contributed by atoms with Gasteiger partial charge in [0.25, 0.3) is 0 Å². The van der Waals surface area contributed by atoms with E-state index in [1.807, 2.05) is 17.6 Å². The van der Waals surface area contributed by atoms with Crippen molar-refractivity contribution in [2.45, 2.75) is 20.4 Å². The van der Waals surface area contributed by atoms with Gasteiger partial charge in [-0.2, -0.15) is 0 Å². The van der Waals surface area contributed by atoms with Crippen molar-refractivity contribution in [3.8, 4) is 11.4 Å². The zero-order valence-electron chi connectivity index (χ0n) is 8.81. The Morgan fingerprint density at radius 1 is 1.40 bits per heavy atom. The number of anilines is 1. The molecule has 2 N–H and O–H groups in total. The predicted molar refractivity (Wildman–Crippen MR) is 58.1 cm³/mol. The first kappa shape index (κ1) is 9.64. The highest BCUT2D eigenvalue weighted by Gasteiger charge is 2.11. The molecule has 0 atom stereocenters. The van der Waals surface area contributed by atoms with E-state index in [-0.39, 0.29) is 0 Å². The van der Waals surface area contributed by atoms with Crippen LogP contribution in [0.3, 0.4) is 0 Å². The van der Waals surface area contributed by atoms with E-state index in [0.717, 1.165) is 23.8 Å². The quantitative estimate of drug-likeness (QED) is 0.797. The van der Waals surface area contributed by atoms with E-state index >= 15 is 0 Å². The summed E-state index contributed by atoms with van der Waals surface area (Å²) in [6.45, 7) is 4.81. The molecule has 0 aromatic carbocycles. The lowest BCUT2D eigenvalue weighted by Crippen LogP contribution is -2.02. The van der Waals surface area contributed by atoms with Crippen LogP contribution in [0.15, 0.2) is 18.5 Å². The summed E-state index contributed by atoms with van der Waals surface area (Å²) in [7, 11) is 0. The summed E-state index contributed by atoms with van der Waals surface area (Å²) in [5, 5.41) is 8.16. The van der Waals surface area contributed by atoms with Crippen molar-refractivity contribution in [2.24, 2.45) is 0 Å². The summed E-state index contributed by atoms with van der Waals surface area (Å²) in [4.78, 5) is 3.95. The summed E-state index contributed by atoms with van der Waals surface area (Å²) in [6.07, 6.45) is 3.33. The molecule has 0 aliphatic rings. The molecule has 0 fully saturated rings. The van der Waals surface area contributed by atoms with Crippen LogP contribution in [-0.2, 0) is 6.54 Å². The molecule has 0 aliphatic heterocycles. The highest BCUT2D eigenvalue weighted by atomic mass is 15.3. The fraction of sp³-hybridized carbons (Fsp3) is 0.300. The third-order valence-corrected chi connectivity index (χ3v) is 2.34. The minimum absolute atomic E-state index is 0.625. The minimum Gasteiger partial charge on any atom is -0.397 e. The number of nitrogen functional groups attached to an aromatic ring is 1. The molecule has 5 nitrogen and oxygen atoms in total. The smallest absolute Gasteiger partial charge is 0.166 e. The number of hydrogen-bond acceptors (Lipinski definition) is 4. The van der Waals surface area contributed by atoms with E-state index in [1.54, 1.807) is 12.4 Å². The maximum atomic E-state index is 5.84. The molecular formula is C10H13N5. The monoisotopic (exact) mass is 203 g/mol. The Bertz CT molecular complexity index is 474. The van der Waals surface area contributed by atoms with Gasteiger partial charge < -0.3 is 10.3 Å². The highest BCUT2D eigenvalue weighted by Crippen LogP contribution is 2.23. The lowest BCUT2D eigenvalue weighted by Gasteiger charge is -2.06. The summed E-state index contributed by atoms with van der Waals surface area (Å²) in [5.74, 6) is 1.69. The zero-order valence-corrected chi connectivity index (χ0v) is 8.81. The molecule has 2 rings (SSSR count). The lowest BCUT2D eigenvalue weighted by atomic mass is 10.2. The number of nitrogens with two attached hydrogens (primary N) is 1. The fourth-order valence-electron chi connectivity index (χ4n) is 1.57. The van der Waals surface area contributed by atoms with E-state index in [0.29, 0.717) is 5.69 Å². The molecule has 78 valence electrons. The van der Waals surface area contributed by atoms with Gasteiger partial charge in [-0.05, 0) is 19.9 Å². The molecule has 0 aliphatic carbocycles. The number of nitrogens with zero attached hydrogens (tertiary/aromatic N) is 4. The van der Waals surface area contributed by atoms with Gasteiger partial charge in [-0.15, -0.1) is 10.2 Å². The molecule has 2 heterocycles. The first-order valence-corrected chi connectivity index (χ1v) is 4.83. The molecule has 2 aromatic rings. The highest BCUT2D eigenvalue weighted by molar-refractivity contribution is 5.70. The van der Waals surface area contributed by atoms with Crippen LogP contribution >= 0.6 is 0 Å². The summed E-state index contributed by atoms with van der Waals surface area (Å²) < 4.78 is 2.02. The molecule has 15 heavy (non-hydrogen) atoms. The van der Waals surface area contributed by atoms with Gasteiger partial charge in [0.15, 0.2) is 5.82 Å². The molecule has 5 heteroatoms. The molecule has 0 bridgehead atoms. The van der Waals surface area contributed by atoms with Crippen molar-refractivity contribution >= 4 is 5.69 Å². The number of hydrogen-bond donors (Lipinski definition) is 1. The van der Waals surface area contributed by atoms with Crippen LogP contribution in [0.25, 0.3) is 11.4 Å². The maximum absolute atomic E-state index is 5.84. The fourth-order valence-corrected chi connectivity index (χ4v) is 1.57. The predicted octanol–water partition coefficient (Wildman–Crippen LogP) is 1.25. The van der Waals surface area contributed by atoms with E-state index < -0.39 is 0 Å². The molecule has 0 unspecified atom stereocenters. The largest absolute Gasteiger partial charge is 0.397 e. The SMILES string of the molecule is CCn1c(C)nnc1-c1ccncc1N. The number of pyridine rings is 1. The summed E-state index contributed by atoms with van der Waals surface area (Å²) in [5.41, 5.74) is 7.35. The Morgan fingerprint density at radius 3 is 2.87 bits per heavy atom. The average molecular weight is 203 g/mol. The van der Waals surface area contributed by atoms with Crippen molar-refractivity contribution in [2.75, 3.05) is 5.73 Å². The van der Waals surface area contributed by atoms with Crippen molar-refractivity contribution in [3.05, 3.63) is 24.3 Å². The van der Waals surface area contributed by atoms with Gasteiger partial charge in [0.2, 0.25) is 0 Å². The molecule has 0 spiro atoms. The normalized spacial score (nSPS) is 10.5. The summed E-state index contributed by atoms with van der Waals surface area (Å²) in [6, 6.07) is 1.85. The first-order chi connectivity index (χ1) is 7.24. The van der Waals surface area contributed by atoms with Crippen LogP contribution in [0, 0.1) is 6.92 Å². The third-order valence-electron chi connectivity index (χ3n) is 2.34.